The smallest absolute Gasteiger partial charge is 0.171 e. The molecule has 0 aliphatic heterocycles. The molecule has 6 aromatic carbocycles. The van der Waals surface area contributed by atoms with E-state index in [2.05, 4.69) is 112 Å². The predicted molar refractivity (Wildman–Crippen MR) is 206 cm³/mol. The monoisotopic (exact) mass is 626 g/mol. The summed E-state index contributed by atoms with van der Waals surface area (Å²) in [6, 6.07) is 55.8. The van der Waals surface area contributed by atoms with Crippen molar-refractivity contribution in [3.63, 3.8) is 0 Å². The number of hydrogen-bond donors (Lipinski definition) is 0. The minimum atomic E-state index is -3.18. The summed E-state index contributed by atoms with van der Waals surface area (Å²) in [6.45, 7) is 6.36. The summed E-state index contributed by atoms with van der Waals surface area (Å²) in [5.74, 6) is 0. The van der Waals surface area contributed by atoms with E-state index < -0.39 is 7.14 Å². The Morgan fingerprint density at radius 1 is 0.362 bits per heavy atom. The molecule has 6 aromatic rings. The Balaban J connectivity index is 1.37. The lowest BCUT2D eigenvalue weighted by Crippen LogP contribution is -2.25. The van der Waals surface area contributed by atoms with Crippen LogP contribution in [-0.2, 0) is 4.57 Å². The third kappa shape index (κ3) is 7.44. The molecule has 0 aliphatic carbocycles. The van der Waals surface area contributed by atoms with E-state index in [4.69, 9.17) is 0 Å². The maximum atomic E-state index is 15.5. The van der Waals surface area contributed by atoms with Crippen LogP contribution in [0.5, 0.6) is 0 Å². The lowest BCUT2D eigenvalue weighted by Gasteiger charge is -2.21. The highest BCUT2D eigenvalue weighted by Gasteiger charge is 2.30. The molecular weight excluding hydrogens is 587 g/mol. The highest BCUT2D eigenvalue weighted by Crippen LogP contribution is 2.43. The molecule has 0 N–H and O–H groups in total. The van der Waals surface area contributed by atoms with Gasteiger partial charge in [-0.1, -0.05) is 182 Å². The van der Waals surface area contributed by atoms with Gasteiger partial charge in [0.15, 0.2) is 7.14 Å². The van der Waals surface area contributed by atoms with Gasteiger partial charge in [-0.05, 0) is 70.9 Å². The molecule has 0 fully saturated rings. The van der Waals surface area contributed by atoms with Crippen molar-refractivity contribution in [1.82, 2.24) is 0 Å². The van der Waals surface area contributed by atoms with E-state index >= 15 is 4.57 Å². The van der Waals surface area contributed by atoms with Gasteiger partial charge in [0.25, 0.3) is 0 Å². The minimum absolute atomic E-state index is 0.822. The standard InChI is InChI=1S/C45H39OP/c1-34(31-37-13-7-4-8-14-37)40-19-25-43(26-20-40)47(46,44-27-21-41(22-28-44)35(2)32-38-15-9-5-10-16-38)45-29-23-42(24-30-45)36(3)33-39-17-11-6-12-18-39/h4-33H,1-3H3/b34-31+,35-32+,36-33+. The Morgan fingerprint density at radius 3 is 0.830 bits per heavy atom. The number of benzene rings is 6. The van der Waals surface area contributed by atoms with E-state index in [0.717, 1.165) is 66.0 Å². The summed E-state index contributed by atoms with van der Waals surface area (Å²) >= 11 is 0. The van der Waals surface area contributed by atoms with E-state index in [1.165, 1.54) is 0 Å². The number of allylic oxidation sites excluding steroid dienone is 3. The van der Waals surface area contributed by atoms with Gasteiger partial charge >= 0.3 is 0 Å². The van der Waals surface area contributed by atoms with Gasteiger partial charge in [-0.2, -0.15) is 0 Å². The molecule has 0 radical (unpaired) electrons. The zero-order valence-electron chi connectivity index (χ0n) is 27.2. The van der Waals surface area contributed by atoms with Gasteiger partial charge in [0.05, 0.1) is 0 Å². The summed E-state index contributed by atoms with van der Waals surface area (Å²) in [7, 11) is -3.18. The molecule has 1 nitrogen and oxygen atoms in total. The van der Waals surface area contributed by atoms with Crippen molar-refractivity contribution in [3.8, 4) is 0 Å². The Morgan fingerprint density at radius 2 is 0.596 bits per heavy atom. The first-order valence-electron chi connectivity index (χ1n) is 16.0. The third-order valence-electron chi connectivity index (χ3n) is 8.61. The normalized spacial score (nSPS) is 12.6. The topological polar surface area (TPSA) is 17.1 Å². The molecule has 0 bridgehead atoms. The van der Waals surface area contributed by atoms with E-state index in [1.807, 2.05) is 91.0 Å². The van der Waals surface area contributed by atoms with Crippen molar-refractivity contribution in [2.75, 3.05) is 0 Å². The Hall–Kier alpha value is -5.23. The van der Waals surface area contributed by atoms with Crippen molar-refractivity contribution < 1.29 is 4.57 Å². The van der Waals surface area contributed by atoms with E-state index in [0.29, 0.717) is 0 Å². The van der Waals surface area contributed by atoms with Crippen molar-refractivity contribution in [3.05, 3.63) is 197 Å². The van der Waals surface area contributed by atoms with Crippen molar-refractivity contribution >= 4 is 58.0 Å². The van der Waals surface area contributed by atoms with E-state index in [1.54, 1.807) is 0 Å². The maximum absolute atomic E-state index is 15.5. The van der Waals surface area contributed by atoms with Gasteiger partial charge in [0.1, 0.15) is 0 Å². The molecule has 0 aliphatic rings. The van der Waals surface area contributed by atoms with Crippen LogP contribution in [0.25, 0.3) is 34.9 Å². The van der Waals surface area contributed by atoms with Crippen molar-refractivity contribution in [2.45, 2.75) is 20.8 Å². The first kappa shape index (κ1) is 31.7. The van der Waals surface area contributed by atoms with Gasteiger partial charge in [-0.3, -0.25) is 0 Å². The number of rotatable bonds is 9. The quantitative estimate of drug-likeness (QED) is 0.115. The average molecular weight is 627 g/mol. The van der Waals surface area contributed by atoms with Crippen LogP contribution in [0.2, 0.25) is 0 Å². The van der Waals surface area contributed by atoms with Gasteiger partial charge in [-0.25, -0.2) is 0 Å². The molecular formula is C45H39OP. The van der Waals surface area contributed by atoms with Crippen LogP contribution in [0.1, 0.15) is 54.2 Å². The first-order chi connectivity index (χ1) is 22.9. The van der Waals surface area contributed by atoms with Gasteiger partial charge in [0, 0.05) is 15.9 Å². The summed E-state index contributed by atoms with van der Waals surface area (Å²) in [4.78, 5) is 0. The fourth-order valence-corrected chi connectivity index (χ4v) is 8.50. The second-order valence-corrected chi connectivity index (χ2v) is 14.7. The highest BCUT2D eigenvalue weighted by atomic mass is 31.2. The average Bonchev–Trinajstić information content (AvgIpc) is 3.13. The second kappa shape index (κ2) is 14.5. The Labute approximate surface area is 279 Å². The van der Waals surface area contributed by atoms with Crippen LogP contribution in [0.15, 0.2) is 164 Å². The summed E-state index contributed by atoms with van der Waals surface area (Å²) in [5.41, 5.74) is 10.3. The van der Waals surface area contributed by atoms with Crippen LogP contribution in [-0.4, -0.2) is 0 Å². The lowest BCUT2D eigenvalue weighted by atomic mass is 10.0. The van der Waals surface area contributed by atoms with Crippen molar-refractivity contribution in [1.29, 1.82) is 0 Å². The Kier molecular flexibility index (Phi) is 9.77. The van der Waals surface area contributed by atoms with Crippen LogP contribution < -0.4 is 15.9 Å². The summed E-state index contributed by atoms with van der Waals surface area (Å²) in [5, 5.41) is 2.46. The molecule has 0 saturated heterocycles. The van der Waals surface area contributed by atoms with E-state index in [9.17, 15) is 0 Å². The predicted octanol–water partition coefficient (Wildman–Crippen LogP) is 11.0. The van der Waals surface area contributed by atoms with Crippen LogP contribution in [0, 0.1) is 0 Å². The molecule has 230 valence electrons. The lowest BCUT2D eigenvalue weighted by molar-refractivity contribution is 0.592. The Bertz CT molecular complexity index is 1820. The molecule has 0 saturated carbocycles. The van der Waals surface area contributed by atoms with Gasteiger partial charge in [-0.15, -0.1) is 0 Å². The highest BCUT2D eigenvalue weighted by molar-refractivity contribution is 7.85. The molecule has 0 heterocycles. The molecule has 6 rings (SSSR count). The van der Waals surface area contributed by atoms with Gasteiger partial charge < -0.3 is 4.57 Å². The molecule has 0 unspecified atom stereocenters. The minimum Gasteiger partial charge on any atom is -0.309 e. The molecule has 2 heteroatoms. The summed E-state index contributed by atoms with van der Waals surface area (Å²) < 4.78 is 15.5. The zero-order valence-corrected chi connectivity index (χ0v) is 28.1. The molecule has 0 aromatic heterocycles. The summed E-state index contributed by atoms with van der Waals surface area (Å²) in [6.07, 6.45) is 6.55. The van der Waals surface area contributed by atoms with E-state index in [-0.39, 0.29) is 0 Å². The molecule has 47 heavy (non-hydrogen) atoms. The fraction of sp³-hybridized carbons (Fsp3) is 0.0667. The van der Waals surface area contributed by atoms with Gasteiger partial charge in [0.2, 0.25) is 0 Å². The van der Waals surface area contributed by atoms with Crippen LogP contribution >= 0.6 is 7.14 Å². The fourth-order valence-electron chi connectivity index (χ4n) is 5.90. The number of hydrogen-bond acceptors (Lipinski definition) is 1. The molecule has 0 atom stereocenters. The van der Waals surface area contributed by atoms with Crippen LogP contribution in [0.3, 0.4) is 0 Å². The first-order valence-corrected chi connectivity index (χ1v) is 17.7. The zero-order chi connectivity index (χ0) is 32.6. The largest absolute Gasteiger partial charge is 0.309 e. The van der Waals surface area contributed by atoms with Crippen molar-refractivity contribution in [2.24, 2.45) is 0 Å². The third-order valence-corrected chi connectivity index (χ3v) is 11.7. The van der Waals surface area contributed by atoms with Crippen LogP contribution in [0.4, 0.5) is 0 Å². The SMILES string of the molecule is C/C(=C\c1ccccc1)c1ccc(P(=O)(c2ccc(/C(C)=C/c3ccccc3)cc2)c2ccc(/C(C)=C/c3ccccc3)cc2)cc1. The maximum Gasteiger partial charge on any atom is 0.171 e. The second-order valence-electron chi connectivity index (χ2n) is 12.0. The molecule has 0 spiro atoms. The molecule has 0 amide bonds.